The second kappa shape index (κ2) is 6.16. The number of rotatable bonds is 4. The fourth-order valence-electron chi connectivity index (χ4n) is 3.84. The van der Waals surface area contributed by atoms with E-state index in [4.69, 9.17) is 0 Å². The second-order valence-electron chi connectivity index (χ2n) is 6.38. The van der Waals surface area contributed by atoms with Gasteiger partial charge in [0.1, 0.15) is 0 Å². The van der Waals surface area contributed by atoms with Crippen LogP contribution in [-0.2, 0) is 14.4 Å². The number of carbonyl (C=O) groups excluding carboxylic acids is 2. The van der Waals surface area contributed by atoms with Crippen molar-refractivity contribution in [1.82, 2.24) is 4.90 Å². The Labute approximate surface area is 125 Å². The average Bonchev–Trinajstić information content (AvgIpc) is 2.62. The molecule has 0 bridgehead atoms. The minimum absolute atomic E-state index is 0.143. The van der Waals surface area contributed by atoms with Crippen LogP contribution in [0, 0.1) is 11.3 Å². The molecule has 2 unspecified atom stereocenters. The third-order valence-corrected chi connectivity index (χ3v) is 5.41. The smallest absolute Gasteiger partial charge is 0.308 e. The number of nitrogens with zero attached hydrogens (tertiary/aromatic N) is 1. The Kier molecular flexibility index (Phi) is 4.69. The van der Waals surface area contributed by atoms with Gasteiger partial charge in [-0.25, -0.2) is 0 Å². The number of carboxylic acid groups (broad SMARTS) is 1. The van der Waals surface area contributed by atoms with E-state index in [9.17, 15) is 19.5 Å². The van der Waals surface area contributed by atoms with Crippen molar-refractivity contribution in [2.45, 2.75) is 71.3 Å². The molecule has 0 radical (unpaired) electrons. The Morgan fingerprint density at radius 3 is 2.33 bits per heavy atom. The van der Waals surface area contributed by atoms with Crippen LogP contribution in [0.4, 0.5) is 0 Å². The predicted molar refractivity (Wildman–Crippen MR) is 77.5 cm³/mol. The van der Waals surface area contributed by atoms with Crippen LogP contribution in [0.25, 0.3) is 0 Å². The first kappa shape index (κ1) is 16.0. The number of carbonyl (C=O) groups is 3. The molecule has 2 rings (SSSR count). The first-order valence-corrected chi connectivity index (χ1v) is 8.06. The van der Waals surface area contributed by atoms with Crippen molar-refractivity contribution in [1.29, 1.82) is 0 Å². The van der Waals surface area contributed by atoms with Gasteiger partial charge in [-0.15, -0.1) is 0 Å². The van der Waals surface area contributed by atoms with Crippen LogP contribution >= 0.6 is 0 Å². The van der Waals surface area contributed by atoms with Gasteiger partial charge >= 0.3 is 5.97 Å². The van der Waals surface area contributed by atoms with E-state index in [1.165, 1.54) is 4.90 Å². The van der Waals surface area contributed by atoms with Crippen molar-refractivity contribution >= 4 is 17.8 Å². The van der Waals surface area contributed by atoms with Crippen molar-refractivity contribution in [3.8, 4) is 0 Å². The SMILES string of the molecule is CCC1(CC)CC(=O)N(C2CCCCCC2C(=O)O)C1=O. The summed E-state index contributed by atoms with van der Waals surface area (Å²) < 4.78 is 0. The van der Waals surface area contributed by atoms with Crippen molar-refractivity contribution in [3.63, 3.8) is 0 Å². The molecule has 0 aromatic heterocycles. The molecule has 1 N–H and O–H groups in total. The molecule has 1 aliphatic heterocycles. The maximum atomic E-state index is 12.8. The van der Waals surface area contributed by atoms with Gasteiger partial charge in [0, 0.05) is 6.42 Å². The summed E-state index contributed by atoms with van der Waals surface area (Å²) >= 11 is 0. The number of imide groups is 1. The topological polar surface area (TPSA) is 74.7 Å². The van der Waals surface area contributed by atoms with Gasteiger partial charge in [-0.1, -0.05) is 33.1 Å². The molecule has 2 atom stereocenters. The lowest BCUT2D eigenvalue weighted by molar-refractivity contribution is -0.151. The summed E-state index contributed by atoms with van der Waals surface area (Å²) in [6, 6.07) is -0.454. The van der Waals surface area contributed by atoms with Gasteiger partial charge in [0.05, 0.1) is 17.4 Å². The fraction of sp³-hybridized carbons (Fsp3) is 0.812. The van der Waals surface area contributed by atoms with E-state index >= 15 is 0 Å². The zero-order chi connectivity index (χ0) is 15.6. The highest BCUT2D eigenvalue weighted by Crippen LogP contribution is 2.42. The number of amides is 2. The summed E-state index contributed by atoms with van der Waals surface area (Å²) in [6.45, 7) is 3.86. The van der Waals surface area contributed by atoms with Crippen LogP contribution in [0.3, 0.4) is 0 Å². The first-order chi connectivity index (χ1) is 9.96. The summed E-state index contributed by atoms with van der Waals surface area (Å²) in [5, 5.41) is 9.46. The summed E-state index contributed by atoms with van der Waals surface area (Å²) in [5.74, 6) is -1.81. The fourth-order valence-corrected chi connectivity index (χ4v) is 3.84. The van der Waals surface area contributed by atoms with E-state index in [1.54, 1.807) is 0 Å². The standard InChI is InChI=1S/C16H25NO4/c1-3-16(4-2)10-13(18)17(15(16)21)12-9-7-5-6-8-11(12)14(19)20/h11-12H,3-10H2,1-2H3,(H,19,20). The highest BCUT2D eigenvalue weighted by Gasteiger charge is 2.53. The summed E-state index contributed by atoms with van der Waals surface area (Å²) in [4.78, 5) is 38.1. The molecule has 21 heavy (non-hydrogen) atoms. The van der Waals surface area contributed by atoms with E-state index in [0.29, 0.717) is 25.7 Å². The Morgan fingerprint density at radius 2 is 1.81 bits per heavy atom. The van der Waals surface area contributed by atoms with E-state index in [0.717, 1.165) is 19.3 Å². The number of hydrogen-bond donors (Lipinski definition) is 1. The van der Waals surface area contributed by atoms with Crippen LogP contribution in [0.1, 0.15) is 65.2 Å². The molecular weight excluding hydrogens is 270 g/mol. The zero-order valence-electron chi connectivity index (χ0n) is 12.9. The van der Waals surface area contributed by atoms with E-state index < -0.39 is 23.3 Å². The van der Waals surface area contributed by atoms with Gasteiger partial charge in [0.15, 0.2) is 0 Å². The summed E-state index contributed by atoms with van der Waals surface area (Å²) in [7, 11) is 0. The third kappa shape index (κ3) is 2.70. The van der Waals surface area contributed by atoms with Gasteiger partial charge in [0.2, 0.25) is 11.8 Å². The monoisotopic (exact) mass is 295 g/mol. The molecular formula is C16H25NO4. The predicted octanol–water partition coefficient (Wildman–Crippen LogP) is 2.59. The molecule has 2 fully saturated rings. The van der Waals surface area contributed by atoms with Crippen LogP contribution in [0.5, 0.6) is 0 Å². The minimum Gasteiger partial charge on any atom is -0.481 e. The Balaban J connectivity index is 2.32. The van der Waals surface area contributed by atoms with Crippen LogP contribution in [0.2, 0.25) is 0 Å². The molecule has 118 valence electrons. The van der Waals surface area contributed by atoms with Crippen LogP contribution in [0.15, 0.2) is 0 Å². The molecule has 5 heteroatoms. The molecule has 1 saturated heterocycles. The molecule has 2 aliphatic rings. The first-order valence-electron chi connectivity index (χ1n) is 8.06. The number of aliphatic carboxylic acids is 1. The van der Waals surface area contributed by atoms with Crippen molar-refractivity contribution in [3.05, 3.63) is 0 Å². The highest BCUT2D eigenvalue weighted by molar-refractivity contribution is 6.06. The van der Waals surface area contributed by atoms with Crippen molar-refractivity contribution in [2.75, 3.05) is 0 Å². The van der Waals surface area contributed by atoms with E-state index in [1.807, 2.05) is 13.8 Å². The van der Waals surface area contributed by atoms with Crippen molar-refractivity contribution < 1.29 is 19.5 Å². The Bertz CT molecular complexity index is 442. The quantitative estimate of drug-likeness (QED) is 0.639. The maximum absolute atomic E-state index is 12.8. The molecule has 2 amide bonds. The average molecular weight is 295 g/mol. The molecule has 0 aromatic rings. The molecule has 5 nitrogen and oxygen atoms in total. The van der Waals surface area contributed by atoms with Gasteiger partial charge in [0.25, 0.3) is 0 Å². The minimum atomic E-state index is -0.881. The lowest BCUT2D eigenvalue weighted by Crippen LogP contribution is -2.48. The normalized spacial score (nSPS) is 29.5. The molecule has 0 spiro atoms. The summed E-state index contributed by atoms with van der Waals surface area (Å²) in [5.41, 5.74) is -0.605. The van der Waals surface area contributed by atoms with Crippen molar-refractivity contribution in [2.24, 2.45) is 11.3 Å². The van der Waals surface area contributed by atoms with E-state index in [2.05, 4.69) is 0 Å². The number of carboxylic acids is 1. The summed E-state index contributed by atoms with van der Waals surface area (Å²) in [6.07, 6.45) is 5.41. The maximum Gasteiger partial charge on any atom is 0.308 e. The Hall–Kier alpha value is -1.39. The van der Waals surface area contributed by atoms with Gasteiger partial charge in [-0.05, 0) is 25.7 Å². The molecule has 1 aliphatic carbocycles. The lowest BCUT2D eigenvalue weighted by atomic mass is 9.80. The van der Waals surface area contributed by atoms with Gasteiger partial charge < -0.3 is 5.11 Å². The number of hydrogen-bond acceptors (Lipinski definition) is 3. The highest BCUT2D eigenvalue weighted by atomic mass is 16.4. The molecule has 1 heterocycles. The zero-order valence-corrected chi connectivity index (χ0v) is 12.9. The third-order valence-electron chi connectivity index (χ3n) is 5.41. The van der Waals surface area contributed by atoms with Gasteiger partial charge in [-0.2, -0.15) is 0 Å². The van der Waals surface area contributed by atoms with Gasteiger partial charge in [-0.3, -0.25) is 19.3 Å². The molecule has 0 aromatic carbocycles. The van der Waals surface area contributed by atoms with Crippen LogP contribution < -0.4 is 0 Å². The van der Waals surface area contributed by atoms with Crippen LogP contribution in [-0.4, -0.2) is 33.8 Å². The lowest BCUT2D eigenvalue weighted by Gasteiger charge is -2.32. The molecule has 1 saturated carbocycles. The second-order valence-corrected chi connectivity index (χ2v) is 6.38. The number of likely N-dealkylation sites (tertiary alicyclic amines) is 1. The Morgan fingerprint density at radius 1 is 1.19 bits per heavy atom. The van der Waals surface area contributed by atoms with E-state index in [-0.39, 0.29) is 18.2 Å². The largest absolute Gasteiger partial charge is 0.481 e.